The molecule has 0 fully saturated rings. The molecule has 1 aliphatic rings. The van der Waals surface area contributed by atoms with Gasteiger partial charge in [-0.15, -0.1) is 0 Å². The Labute approximate surface area is 128 Å². The van der Waals surface area contributed by atoms with Gasteiger partial charge in [0, 0.05) is 24.2 Å². The maximum atomic E-state index is 11.9. The summed E-state index contributed by atoms with van der Waals surface area (Å²) in [6, 6.07) is 0. The number of alkyl halides is 3. The van der Waals surface area contributed by atoms with Crippen LogP contribution in [0.4, 0.5) is 13.2 Å². The van der Waals surface area contributed by atoms with Crippen LogP contribution in [0.15, 0.2) is 16.8 Å². The highest BCUT2D eigenvalue weighted by Gasteiger charge is 2.38. The summed E-state index contributed by atoms with van der Waals surface area (Å²) in [6.45, 7) is 8.58. The van der Waals surface area contributed by atoms with E-state index in [1.807, 2.05) is 0 Å². The summed E-state index contributed by atoms with van der Waals surface area (Å²) in [6.07, 6.45) is -3.52. The molecular formula is C14H24F3N3O2. The second kappa shape index (κ2) is 9.32. The summed E-state index contributed by atoms with van der Waals surface area (Å²) in [5, 5.41) is 1.80. The van der Waals surface area contributed by atoms with Crippen molar-refractivity contribution in [1.29, 1.82) is 0 Å². The molecule has 1 aliphatic heterocycles. The zero-order chi connectivity index (χ0) is 17.3. The standard InChI is InChI=1S/C10H14F3N3O2.C4H10/c1-6(2-14)8-15-3-7(5-18-8)4-16-9(17)10(11,12)13;1-4(2)3/h2,7H,3-5,14H2,1H3,(H,16,17);4H,1-3H3/b6-2-;. The van der Waals surface area contributed by atoms with E-state index in [9.17, 15) is 18.0 Å². The van der Waals surface area contributed by atoms with Gasteiger partial charge >= 0.3 is 12.1 Å². The van der Waals surface area contributed by atoms with Crippen molar-refractivity contribution in [3.05, 3.63) is 11.8 Å². The minimum absolute atomic E-state index is 0.124. The first kappa shape index (κ1) is 20.3. The predicted molar refractivity (Wildman–Crippen MR) is 79.3 cm³/mol. The van der Waals surface area contributed by atoms with Crippen molar-refractivity contribution in [2.24, 2.45) is 22.6 Å². The second-order valence-electron chi connectivity index (χ2n) is 5.61. The third kappa shape index (κ3) is 8.53. The number of carbonyl (C=O) groups excluding carboxylic acids is 1. The van der Waals surface area contributed by atoms with Crippen molar-refractivity contribution >= 4 is 11.8 Å². The number of halogens is 3. The van der Waals surface area contributed by atoms with E-state index in [0.29, 0.717) is 18.0 Å². The van der Waals surface area contributed by atoms with Crippen LogP contribution in [0.25, 0.3) is 0 Å². The Morgan fingerprint density at radius 1 is 1.50 bits per heavy atom. The van der Waals surface area contributed by atoms with Crippen molar-refractivity contribution in [3.8, 4) is 0 Å². The summed E-state index contributed by atoms with van der Waals surface area (Å²) in [7, 11) is 0. The van der Waals surface area contributed by atoms with Gasteiger partial charge in [-0.25, -0.2) is 0 Å². The lowest BCUT2D eigenvalue weighted by Gasteiger charge is -2.22. The molecule has 0 saturated heterocycles. The molecule has 0 aliphatic carbocycles. The van der Waals surface area contributed by atoms with E-state index < -0.39 is 12.1 Å². The van der Waals surface area contributed by atoms with Crippen LogP contribution >= 0.6 is 0 Å². The summed E-state index contributed by atoms with van der Waals surface area (Å²) in [5.74, 6) is -1.00. The largest absolute Gasteiger partial charge is 0.477 e. The van der Waals surface area contributed by atoms with Crippen molar-refractivity contribution < 1.29 is 22.7 Å². The molecule has 22 heavy (non-hydrogen) atoms. The molecule has 0 radical (unpaired) electrons. The fourth-order valence-corrected chi connectivity index (χ4v) is 1.28. The first-order chi connectivity index (χ1) is 10.1. The van der Waals surface area contributed by atoms with Gasteiger partial charge in [0.2, 0.25) is 5.90 Å². The van der Waals surface area contributed by atoms with Gasteiger partial charge in [0.05, 0.1) is 13.2 Å². The molecule has 1 heterocycles. The van der Waals surface area contributed by atoms with Crippen LogP contribution in [0.5, 0.6) is 0 Å². The molecule has 1 amide bonds. The molecule has 0 aromatic heterocycles. The molecule has 5 nitrogen and oxygen atoms in total. The minimum Gasteiger partial charge on any atom is -0.477 e. The van der Waals surface area contributed by atoms with Crippen LogP contribution in [-0.2, 0) is 9.53 Å². The third-order valence-corrected chi connectivity index (χ3v) is 2.34. The number of amides is 1. The normalized spacial score (nSPS) is 18.8. The highest BCUT2D eigenvalue weighted by Crippen LogP contribution is 2.15. The predicted octanol–water partition coefficient (Wildman–Crippen LogP) is 2.23. The molecule has 0 aromatic rings. The third-order valence-electron chi connectivity index (χ3n) is 2.34. The molecule has 0 saturated carbocycles. The molecule has 128 valence electrons. The Kier molecular flexibility index (Phi) is 8.59. The summed E-state index contributed by atoms with van der Waals surface area (Å²) < 4.78 is 41.0. The van der Waals surface area contributed by atoms with Crippen LogP contribution in [0, 0.1) is 11.8 Å². The van der Waals surface area contributed by atoms with Crippen LogP contribution in [0.2, 0.25) is 0 Å². The molecule has 1 rings (SSSR count). The molecule has 0 bridgehead atoms. The van der Waals surface area contributed by atoms with Crippen LogP contribution < -0.4 is 11.1 Å². The van der Waals surface area contributed by atoms with Crippen LogP contribution in [0.3, 0.4) is 0 Å². The van der Waals surface area contributed by atoms with Gasteiger partial charge in [-0.3, -0.25) is 9.79 Å². The Morgan fingerprint density at radius 2 is 2.05 bits per heavy atom. The average Bonchev–Trinajstić information content (AvgIpc) is 2.42. The Morgan fingerprint density at radius 3 is 2.41 bits per heavy atom. The summed E-state index contributed by atoms with van der Waals surface area (Å²) in [4.78, 5) is 14.6. The fraction of sp³-hybridized carbons (Fsp3) is 0.714. The van der Waals surface area contributed by atoms with E-state index in [4.69, 9.17) is 10.5 Å². The Balaban J connectivity index is 0.000000980. The smallest absolute Gasteiger partial charge is 0.471 e. The fourth-order valence-electron chi connectivity index (χ4n) is 1.28. The molecule has 0 aromatic carbocycles. The lowest BCUT2D eigenvalue weighted by atomic mass is 10.1. The van der Waals surface area contributed by atoms with E-state index in [1.165, 1.54) is 6.20 Å². The van der Waals surface area contributed by atoms with E-state index >= 15 is 0 Å². The van der Waals surface area contributed by atoms with Gasteiger partial charge in [-0.2, -0.15) is 13.2 Å². The number of nitrogens with one attached hydrogen (secondary N) is 1. The lowest BCUT2D eigenvalue weighted by molar-refractivity contribution is -0.173. The highest BCUT2D eigenvalue weighted by molar-refractivity contribution is 5.93. The van der Waals surface area contributed by atoms with Gasteiger partial charge < -0.3 is 15.8 Å². The number of hydrogen-bond acceptors (Lipinski definition) is 4. The van der Waals surface area contributed by atoms with Crippen molar-refractivity contribution in [2.45, 2.75) is 33.9 Å². The number of ether oxygens (including phenoxy) is 1. The van der Waals surface area contributed by atoms with Gasteiger partial charge in [0.15, 0.2) is 0 Å². The first-order valence-corrected chi connectivity index (χ1v) is 6.99. The maximum Gasteiger partial charge on any atom is 0.471 e. The number of rotatable bonds is 3. The van der Waals surface area contributed by atoms with Crippen molar-refractivity contribution in [1.82, 2.24) is 5.32 Å². The summed E-state index contributed by atoms with van der Waals surface area (Å²) >= 11 is 0. The lowest BCUT2D eigenvalue weighted by Crippen LogP contribution is -2.41. The van der Waals surface area contributed by atoms with Gasteiger partial charge in [0.25, 0.3) is 0 Å². The summed E-state index contributed by atoms with van der Waals surface area (Å²) in [5.41, 5.74) is 5.94. The number of hydrogen-bond donors (Lipinski definition) is 2. The zero-order valence-corrected chi connectivity index (χ0v) is 13.3. The van der Waals surface area contributed by atoms with Gasteiger partial charge in [0.1, 0.15) is 0 Å². The molecule has 0 spiro atoms. The molecule has 1 atom stereocenters. The number of nitrogens with two attached hydrogens (primary N) is 1. The van der Waals surface area contributed by atoms with E-state index in [-0.39, 0.29) is 19.1 Å². The topological polar surface area (TPSA) is 76.7 Å². The quantitative estimate of drug-likeness (QED) is 0.836. The minimum atomic E-state index is -4.86. The van der Waals surface area contributed by atoms with E-state index in [1.54, 1.807) is 12.2 Å². The second-order valence-corrected chi connectivity index (χ2v) is 5.61. The SMILES string of the molecule is C/C(=C/N)C1=NCC(CNC(=O)C(F)(F)F)CO1.CC(C)C. The van der Waals surface area contributed by atoms with Crippen molar-refractivity contribution in [3.63, 3.8) is 0 Å². The maximum absolute atomic E-state index is 11.9. The Bertz CT molecular complexity index is 415. The van der Waals surface area contributed by atoms with Crippen LogP contribution in [-0.4, -0.2) is 37.7 Å². The monoisotopic (exact) mass is 323 g/mol. The van der Waals surface area contributed by atoms with E-state index in [2.05, 4.69) is 25.8 Å². The molecule has 8 heteroatoms. The number of aliphatic imine (C=N–C) groups is 1. The van der Waals surface area contributed by atoms with Crippen molar-refractivity contribution in [2.75, 3.05) is 19.7 Å². The molecular weight excluding hydrogens is 299 g/mol. The number of carbonyl (C=O) groups is 1. The van der Waals surface area contributed by atoms with Crippen LogP contribution in [0.1, 0.15) is 27.7 Å². The molecule has 1 unspecified atom stereocenters. The molecule has 3 N–H and O–H groups in total. The van der Waals surface area contributed by atoms with Gasteiger partial charge in [-0.1, -0.05) is 20.8 Å². The first-order valence-electron chi connectivity index (χ1n) is 6.99. The number of nitrogens with zero attached hydrogens (tertiary/aromatic N) is 1. The van der Waals surface area contributed by atoms with Gasteiger partial charge in [-0.05, 0) is 12.8 Å². The zero-order valence-electron chi connectivity index (χ0n) is 13.3. The Hall–Kier alpha value is -1.73. The average molecular weight is 323 g/mol. The highest BCUT2D eigenvalue weighted by atomic mass is 19.4. The van der Waals surface area contributed by atoms with E-state index in [0.717, 1.165) is 5.92 Å².